The number of nitrogens with one attached hydrogen (secondary N) is 1. The molecule has 0 radical (unpaired) electrons. The van der Waals surface area contributed by atoms with Crippen LogP contribution in [0.3, 0.4) is 0 Å². The molecule has 0 spiro atoms. The van der Waals surface area contributed by atoms with E-state index in [9.17, 15) is 4.79 Å². The Bertz CT molecular complexity index is 442. The summed E-state index contributed by atoms with van der Waals surface area (Å²) in [5, 5.41) is 3.32. The molecule has 104 valence electrons. The number of pyridine rings is 1. The van der Waals surface area contributed by atoms with Crippen LogP contribution in [0.1, 0.15) is 12.5 Å². The van der Waals surface area contributed by atoms with Crippen molar-refractivity contribution in [3.8, 4) is 0 Å². The first-order chi connectivity index (χ1) is 9.20. The molecule has 1 atom stereocenters. The SMILES string of the molecule is CCNC(=O)C1COCCN1Cc1ccnc(Cl)c1. The van der Waals surface area contributed by atoms with Gasteiger partial charge in [-0.25, -0.2) is 4.98 Å². The number of nitrogens with zero attached hydrogens (tertiary/aromatic N) is 2. The van der Waals surface area contributed by atoms with Crippen LogP contribution < -0.4 is 5.32 Å². The van der Waals surface area contributed by atoms with Crippen LogP contribution in [-0.2, 0) is 16.1 Å². The molecule has 6 heteroatoms. The molecular weight excluding hydrogens is 266 g/mol. The monoisotopic (exact) mass is 283 g/mol. The number of halogens is 1. The van der Waals surface area contributed by atoms with Crippen molar-refractivity contribution in [2.45, 2.75) is 19.5 Å². The maximum atomic E-state index is 12.0. The zero-order valence-corrected chi connectivity index (χ0v) is 11.7. The minimum Gasteiger partial charge on any atom is -0.378 e. The van der Waals surface area contributed by atoms with Crippen molar-refractivity contribution in [1.29, 1.82) is 0 Å². The number of carbonyl (C=O) groups is 1. The third-order valence-electron chi connectivity index (χ3n) is 3.07. The molecule has 0 bridgehead atoms. The largest absolute Gasteiger partial charge is 0.378 e. The van der Waals surface area contributed by atoms with Crippen LogP contribution in [0.15, 0.2) is 18.3 Å². The summed E-state index contributed by atoms with van der Waals surface area (Å²) in [7, 11) is 0. The lowest BCUT2D eigenvalue weighted by molar-refractivity contribution is -0.132. The molecule has 1 N–H and O–H groups in total. The zero-order chi connectivity index (χ0) is 13.7. The van der Waals surface area contributed by atoms with Gasteiger partial charge in [-0.05, 0) is 24.6 Å². The Labute approximate surface area is 117 Å². The fourth-order valence-corrected chi connectivity index (χ4v) is 2.33. The Balaban J connectivity index is 2.05. The molecule has 5 nitrogen and oxygen atoms in total. The molecule has 0 aromatic carbocycles. The predicted molar refractivity (Wildman–Crippen MR) is 72.9 cm³/mol. The Morgan fingerprint density at radius 3 is 3.26 bits per heavy atom. The first-order valence-corrected chi connectivity index (χ1v) is 6.78. The smallest absolute Gasteiger partial charge is 0.239 e. The summed E-state index contributed by atoms with van der Waals surface area (Å²) in [6.45, 7) is 5.04. The topological polar surface area (TPSA) is 54.5 Å². The van der Waals surface area contributed by atoms with Gasteiger partial charge in [-0.2, -0.15) is 0 Å². The molecule has 1 unspecified atom stereocenters. The van der Waals surface area contributed by atoms with E-state index in [2.05, 4.69) is 15.2 Å². The van der Waals surface area contributed by atoms with E-state index in [0.717, 1.165) is 12.1 Å². The average molecular weight is 284 g/mol. The summed E-state index contributed by atoms with van der Waals surface area (Å²) in [6.07, 6.45) is 1.68. The second kappa shape index (κ2) is 6.84. The Kier molecular flexibility index (Phi) is 5.13. The van der Waals surface area contributed by atoms with Crippen LogP contribution in [-0.4, -0.2) is 48.1 Å². The van der Waals surface area contributed by atoms with E-state index in [1.165, 1.54) is 0 Å². The highest BCUT2D eigenvalue weighted by Gasteiger charge is 2.28. The van der Waals surface area contributed by atoms with Crippen molar-refractivity contribution in [2.24, 2.45) is 0 Å². The van der Waals surface area contributed by atoms with Gasteiger partial charge >= 0.3 is 0 Å². The summed E-state index contributed by atoms with van der Waals surface area (Å²) < 4.78 is 5.40. The van der Waals surface area contributed by atoms with Gasteiger partial charge < -0.3 is 10.1 Å². The van der Waals surface area contributed by atoms with Crippen LogP contribution in [0, 0.1) is 0 Å². The van der Waals surface area contributed by atoms with Crippen molar-refractivity contribution in [1.82, 2.24) is 15.2 Å². The molecule has 1 aromatic rings. The Morgan fingerprint density at radius 2 is 2.53 bits per heavy atom. The van der Waals surface area contributed by atoms with Crippen molar-refractivity contribution in [2.75, 3.05) is 26.3 Å². The summed E-state index contributed by atoms with van der Waals surface area (Å²) in [6, 6.07) is 3.50. The molecule has 1 fully saturated rings. The first-order valence-electron chi connectivity index (χ1n) is 6.40. The van der Waals surface area contributed by atoms with Gasteiger partial charge in [-0.3, -0.25) is 9.69 Å². The van der Waals surface area contributed by atoms with E-state index in [0.29, 0.717) is 31.5 Å². The normalized spacial score (nSPS) is 20.2. The second-order valence-electron chi connectivity index (χ2n) is 4.44. The summed E-state index contributed by atoms with van der Waals surface area (Å²) >= 11 is 5.88. The third kappa shape index (κ3) is 3.89. The highest BCUT2D eigenvalue weighted by molar-refractivity contribution is 6.29. The van der Waals surface area contributed by atoms with Gasteiger partial charge in [0.15, 0.2) is 0 Å². The molecule has 2 rings (SSSR count). The Morgan fingerprint density at radius 1 is 1.68 bits per heavy atom. The van der Waals surface area contributed by atoms with Crippen molar-refractivity contribution < 1.29 is 9.53 Å². The van der Waals surface area contributed by atoms with Crippen LogP contribution in [0.5, 0.6) is 0 Å². The van der Waals surface area contributed by atoms with Gasteiger partial charge in [-0.15, -0.1) is 0 Å². The van der Waals surface area contributed by atoms with E-state index in [4.69, 9.17) is 16.3 Å². The fourth-order valence-electron chi connectivity index (χ4n) is 2.14. The highest BCUT2D eigenvalue weighted by Crippen LogP contribution is 2.14. The molecule has 1 aliphatic rings. The van der Waals surface area contributed by atoms with Crippen molar-refractivity contribution in [3.05, 3.63) is 29.0 Å². The standard InChI is InChI=1S/C13H18ClN3O2/c1-2-15-13(18)11-9-19-6-5-17(11)8-10-3-4-16-12(14)7-10/h3-4,7,11H,2,5-6,8-9H2,1H3,(H,15,18). The molecule has 2 heterocycles. The number of carbonyl (C=O) groups excluding carboxylic acids is 1. The average Bonchev–Trinajstić information content (AvgIpc) is 2.39. The van der Waals surface area contributed by atoms with E-state index in [-0.39, 0.29) is 11.9 Å². The maximum absolute atomic E-state index is 12.0. The molecule has 1 saturated heterocycles. The van der Waals surface area contributed by atoms with Gasteiger partial charge in [0.05, 0.1) is 13.2 Å². The molecular formula is C13H18ClN3O2. The number of likely N-dealkylation sites (N-methyl/N-ethyl adjacent to an activating group) is 1. The number of rotatable bonds is 4. The van der Waals surface area contributed by atoms with E-state index < -0.39 is 0 Å². The third-order valence-corrected chi connectivity index (χ3v) is 3.28. The maximum Gasteiger partial charge on any atom is 0.239 e. The minimum absolute atomic E-state index is 0.0161. The van der Waals surface area contributed by atoms with Crippen molar-refractivity contribution in [3.63, 3.8) is 0 Å². The number of aromatic nitrogens is 1. The molecule has 1 amide bonds. The number of ether oxygens (including phenoxy) is 1. The van der Waals surface area contributed by atoms with E-state index in [1.54, 1.807) is 6.20 Å². The van der Waals surface area contributed by atoms with Gasteiger partial charge in [0.2, 0.25) is 5.91 Å². The number of morpholine rings is 1. The molecule has 19 heavy (non-hydrogen) atoms. The zero-order valence-electron chi connectivity index (χ0n) is 10.9. The van der Waals surface area contributed by atoms with Gasteiger partial charge in [-0.1, -0.05) is 11.6 Å². The van der Waals surface area contributed by atoms with Gasteiger partial charge in [0.1, 0.15) is 11.2 Å². The second-order valence-corrected chi connectivity index (χ2v) is 4.83. The van der Waals surface area contributed by atoms with Crippen LogP contribution in [0.4, 0.5) is 0 Å². The lowest BCUT2D eigenvalue weighted by Crippen LogP contribution is -2.53. The molecule has 0 aliphatic carbocycles. The molecule has 0 saturated carbocycles. The molecule has 1 aromatic heterocycles. The Hall–Kier alpha value is -1.17. The number of hydrogen-bond donors (Lipinski definition) is 1. The van der Waals surface area contributed by atoms with Crippen molar-refractivity contribution >= 4 is 17.5 Å². The van der Waals surface area contributed by atoms with E-state index >= 15 is 0 Å². The summed E-state index contributed by atoms with van der Waals surface area (Å²) in [5.74, 6) is 0.0161. The van der Waals surface area contributed by atoms with Crippen LogP contribution >= 0.6 is 11.6 Å². The summed E-state index contributed by atoms with van der Waals surface area (Å²) in [4.78, 5) is 18.1. The number of hydrogen-bond acceptors (Lipinski definition) is 4. The number of amides is 1. The lowest BCUT2D eigenvalue weighted by atomic mass is 10.1. The predicted octanol–water partition coefficient (Wildman–Crippen LogP) is 1.07. The van der Waals surface area contributed by atoms with Crippen LogP contribution in [0.25, 0.3) is 0 Å². The van der Waals surface area contributed by atoms with Gasteiger partial charge in [0, 0.05) is 25.8 Å². The fraction of sp³-hybridized carbons (Fsp3) is 0.538. The van der Waals surface area contributed by atoms with Crippen LogP contribution in [0.2, 0.25) is 5.15 Å². The molecule has 1 aliphatic heterocycles. The highest BCUT2D eigenvalue weighted by atomic mass is 35.5. The minimum atomic E-state index is -0.236. The quantitative estimate of drug-likeness (QED) is 0.840. The summed E-state index contributed by atoms with van der Waals surface area (Å²) in [5.41, 5.74) is 1.05. The first kappa shape index (κ1) is 14.2. The lowest BCUT2D eigenvalue weighted by Gasteiger charge is -2.34. The van der Waals surface area contributed by atoms with E-state index in [1.807, 2.05) is 19.1 Å². The van der Waals surface area contributed by atoms with Gasteiger partial charge in [0.25, 0.3) is 0 Å².